The Bertz CT molecular complexity index is 159. The van der Waals surface area contributed by atoms with E-state index in [1.54, 1.807) is 0 Å². The van der Waals surface area contributed by atoms with Crippen molar-refractivity contribution in [1.29, 1.82) is 0 Å². The van der Waals surface area contributed by atoms with Gasteiger partial charge in [0.15, 0.2) is 5.78 Å². The lowest BCUT2D eigenvalue weighted by Gasteiger charge is -2.22. The molecule has 0 amide bonds. The van der Waals surface area contributed by atoms with Crippen molar-refractivity contribution in [2.75, 3.05) is 13.1 Å². The van der Waals surface area contributed by atoms with Crippen LogP contribution in [0.4, 0.5) is 0 Å². The molecule has 1 fully saturated rings. The predicted octanol–water partition coefficient (Wildman–Crippen LogP) is 1.05. The topological polar surface area (TPSA) is 32.7 Å². The second kappa shape index (κ2) is 4.11. The van der Waals surface area contributed by atoms with Crippen molar-refractivity contribution in [2.24, 2.45) is 5.10 Å². The van der Waals surface area contributed by atoms with Crippen LogP contribution in [0.2, 0.25) is 0 Å². The first-order chi connectivity index (χ1) is 5.29. The van der Waals surface area contributed by atoms with E-state index in [2.05, 4.69) is 5.10 Å². The number of rotatable bonds is 2. The second-order valence-electron chi connectivity index (χ2n) is 2.87. The van der Waals surface area contributed by atoms with Crippen molar-refractivity contribution in [3.8, 4) is 0 Å². The van der Waals surface area contributed by atoms with E-state index in [1.165, 1.54) is 32.4 Å². The lowest BCUT2D eigenvalue weighted by atomic mass is 10.2. The van der Waals surface area contributed by atoms with E-state index < -0.39 is 0 Å². The van der Waals surface area contributed by atoms with Crippen LogP contribution in [0.15, 0.2) is 5.10 Å². The Morgan fingerprint density at radius 3 is 2.55 bits per heavy atom. The normalized spacial score (nSPS) is 19.2. The smallest absolute Gasteiger partial charge is 0.172 e. The zero-order valence-corrected chi connectivity index (χ0v) is 6.92. The zero-order valence-electron chi connectivity index (χ0n) is 6.92. The van der Waals surface area contributed by atoms with Gasteiger partial charge in [-0.3, -0.25) is 9.80 Å². The van der Waals surface area contributed by atoms with E-state index in [0.717, 1.165) is 13.1 Å². The minimum Gasteiger partial charge on any atom is -0.297 e. The van der Waals surface area contributed by atoms with E-state index in [0.29, 0.717) is 0 Å². The predicted molar refractivity (Wildman–Crippen MR) is 44.6 cm³/mol. The van der Waals surface area contributed by atoms with Gasteiger partial charge in [0.25, 0.3) is 0 Å². The molecule has 3 heteroatoms. The molecule has 1 saturated heterocycles. The summed E-state index contributed by atoms with van der Waals surface area (Å²) >= 11 is 0. The van der Waals surface area contributed by atoms with Crippen molar-refractivity contribution in [2.45, 2.75) is 26.2 Å². The average molecular weight is 154 g/mol. The van der Waals surface area contributed by atoms with Crippen molar-refractivity contribution < 1.29 is 4.79 Å². The largest absolute Gasteiger partial charge is 0.297 e. The minimum atomic E-state index is 0.0237. The number of carbonyl (C=O) groups is 1. The SMILES string of the molecule is CC(=O)/C=N/N1CCCCC1. The maximum absolute atomic E-state index is 10.5. The number of hydrazone groups is 1. The lowest BCUT2D eigenvalue weighted by Crippen LogP contribution is -2.24. The van der Waals surface area contributed by atoms with Crippen molar-refractivity contribution in [3.63, 3.8) is 0 Å². The molecule has 3 nitrogen and oxygen atoms in total. The summed E-state index contributed by atoms with van der Waals surface area (Å²) in [5, 5.41) is 6.00. The van der Waals surface area contributed by atoms with Gasteiger partial charge in [-0.05, 0) is 19.3 Å². The van der Waals surface area contributed by atoms with Gasteiger partial charge < -0.3 is 0 Å². The fourth-order valence-electron chi connectivity index (χ4n) is 1.16. The first kappa shape index (κ1) is 8.24. The van der Waals surface area contributed by atoms with Crippen LogP contribution in [0, 0.1) is 0 Å². The molecule has 0 radical (unpaired) electrons. The van der Waals surface area contributed by atoms with Crippen molar-refractivity contribution in [1.82, 2.24) is 5.01 Å². The summed E-state index contributed by atoms with van der Waals surface area (Å²) in [5.41, 5.74) is 0. The third-order valence-electron chi connectivity index (χ3n) is 1.74. The monoisotopic (exact) mass is 154 g/mol. The Morgan fingerprint density at radius 2 is 2.00 bits per heavy atom. The summed E-state index contributed by atoms with van der Waals surface area (Å²) < 4.78 is 0. The quantitative estimate of drug-likeness (QED) is 0.557. The molecule has 0 aromatic carbocycles. The highest BCUT2D eigenvalue weighted by Gasteiger charge is 2.05. The minimum absolute atomic E-state index is 0.0237. The molecule has 0 unspecified atom stereocenters. The van der Waals surface area contributed by atoms with Gasteiger partial charge in [0.1, 0.15) is 0 Å². The molecule has 1 aliphatic rings. The molecule has 0 aliphatic carbocycles. The van der Waals surface area contributed by atoms with Gasteiger partial charge in [0.05, 0.1) is 6.21 Å². The maximum Gasteiger partial charge on any atom is 0.172 e. The molecule has 0 saturated carbocycles. The molecular formula is C8H14N2O. The Labute approximate surface area is 67.1 Å². The summed E-state index contributed by atoms with van der Waals surface area (Å²) in [4.78, 5) is 10.5. The third kappa shape index (κ3) is 3.16. The molecule has 0 aromatic rings. The van der Waals surface area contributed by atoms with Gasteiger partial charge in [-0.1, -0.05) is 0 Å². The highest BCUT2D eigenvalue weighted by molar-refractivity contribution is 6.26. The number of Topliss-reactive ketones (excluding diaryl/α,β-unsaturated/α-hetero) is 1. The van der Waals surface area contributed by atoms with Crippen LogP contribution in [0.5, 0.6) is 0 Å². The molecular weight excluding hydrogens is 140 g/mol. The van der Waals surface area contributed by atoms with Gasteiger partial charge in [-0.2, -0.15) is 5.10 Å². The molecule has 1 heterocycles. The molecule has 0 bridgehead atoms. The van der Waals surface area contributed by atoms with E-state index in [-0.39, 0.29) is 5.78 Å². The Morgan fingerprint density at radius 1 is 1.36 bits per heavy atom. The molecule has 0 atom stereocenters. The fourth-order valence-corrected chi connectivity index (χ4v) is 1.16. The van der Waals surface area contributed by atoms with Crippen molar-refractivity contribution in [3.05, 3.63) is 0 Å². The molecule has 1 rings (SSSR count). The van der Waals surface area contributed by atoms with Crippen LogP contribution in [0.25, 0.3) is 0 Å². The first-order valence-corrected chi connectivity index (χ1v) is 4.08. The van der Waals surface area contributed by atoms with E-state index in [4.69, 9.17) is 0 Å². The number of piperidine rings is 1. The average Bonchev–Trinajstić information content (AvgIpc) is 2.03. The Balaban J connectivity index is 2.29. The third-order valence-corrected chi connectivity index (χ3v) is 1.74. The van der Waals surface area contributed by atoms with Crippen LogP contribution in [0.1, 0.15) is 26.2 Å². The van der Waals surface area contributed by atoms with E-state index >= 15 is 0 Å². The van der Waals surface area contributed by atoms with Crippen LogP contribution < -0.4 is 0 Å². The maximum atomic E-state index is 10.5. The van der Waals surface area contributed by atoms with Gasteiger partial charge >= 0.3 is 0 Å². The summed E-state index contributed by atoms with van der Waals surface area (Å²) in [6.45, 7) is 3.53. The summed E-state index contributed by atoms with van der Waals surface area (Å²) in [5.74, 6) is 0.0237. The fraction of sp³-hybridized carbons (Fsp3) is 0.750. The summed E-state index contributed by atoms with van der Waals surface area (Å²) in [6, 6.07) is 0. The summed E-state index contributed by atoms with van der Waals surface area (Å²) in [7, 11) is 0. The van der Waals surface area contributed by atoms with Crippen LogP contribution >= 0.6 is 0 Å². The molecule has 0 spiro atoms. The van der Waals surface area contributed by atoms with E-state index in [9.17, 15) is 4.79 Å². The number of hydrogen-bond donors (Lipinski definition) is 0. The molecule has 62 valence electrons. The van der Waals surface area contributed by atoms with Gasteiger partial charge in [0.2, 0.25) is 0 Å². The zero-order chi connectivity index (χ0) is 8.10. The van der Waals surface area contributed by atoms with Gasteiger partial charge in [0, 0.05) is 20.0 Å². The van der Waals surface area contributed by atoms with Crippen molar-refractivity contribution >= 4 is 12.0 Å². The van der Waals surface area contributed by atoms with E-state index in [1.807, 2.05) is 5.01 Å². The molecule has 0 aromatic heterocycles. The highest BCUT2D eigenvalue weighted by atomic mass is 16.1. The number of hydrogen-bond acceptors (Lipinski definition) is 3. The van der Waals surface area contributed by atoms with Gasteiger partial charge in [-0.15, -0.1) is 0 Å². The first-order valence-electron chi connectivity index (χ1n) is 4.08. The molecule has 11 heavy (non-hydrogen) atoms. The Hall–Kier alpha value is -0.860. The molecule has 0 N–H and O–H groups in total. The highest BCUT2D eigenvalue weighted by Crippen LogP contribution is 2.07. The van der Waals surface area contributed by atoms with Crippen LogP contribution in [-0.4, -0.2) is 30.1 Å². The number of carbonyl (C=O) groups excluding carboxylic acids is 1. The number of ketones is 1. The second-order valence-corrected chi connectivity index (χ2v) is 2.87. The summed E-state index contributed by atoms with van der Waals surface area (Å²) in [6.07, 6.45) is 5.10. The Kier molecular flexibility index (Phi) is 3.08. The standard InChI is InChI=1S/C8H14N2O/c1-8(11)7-9-10-5-3-2-4-6-10/h7H,2-6H2,1H3/b9-7+. The van der Waals surface area contributed by atoms with Gasteiger partial charge in [-0.25, -0.2) is 0 Å². The van der Waals surface area contributed by atoms with Crippen LogP contribution in [-0.2, 0) is 4.79 Å². The lowest BCUT2D eigenvalue weighted by molar-refractivity contribution is -0.110. The van der Waals surface area contributed by atoms with Crippen LogP contribution in [0.3, 0.4) is 0 Å². The number of nitrogens with zero attached hydrogens (tertiary/aromatic N) is 2. The molecule has 1 aliphatic heterocycles.